The lowest BCUT2D eigenvalue weighted by molar-refractivity contribution is 0.482. The van der Waals surface area contributed by atoms with Gasteiger partial charge in [0.1, 0.15) is 16.5 Å². The lowest BCUT2D eigenvalue weighted by Gasteiger charge is -2.09. The van der Waals surface area contributed by atoms with Crippen LogP contribution in [0, 0.1) is 0 Å². The van der Waals surface area contributed by atoms with E-state index in [1.165, 1.54) is 0 Å². The zero-order valence-corrected chi connectivity index (χ0v) is 9.41. The Morgan fingerprint density at radius 2 is 1.56 bits per heavy atom. The van der Waals surface area contributed by atoms with E-state index in [-0.39, 0.29) is 0 Å². The van der Waals surface area contributed by atoms with Gasteiger partial charge in [0.25, 0.3) is 0 Å². The average Bonchev–Trinajstić information content (AvgIpc) is 2.31. The first-order valence-corrected chi connectivity index (χ1v) is 5.30. The van der Waals surface area contributed by atoms with Crippen LogP contribution in [0.5, 0.6) is 11.5 Å². The van der Waals surface area contributed by atoms with Gasteiger partial charge in [0.2, 0.25) is 0 Å². The monoisotopic (exact) mass is 229 g/mol. The third kappa shape index (κ3) is 2.38. The molecule has 0 bridgehead atoms. The van der Waals surface area contributed by atoms with Gasteiger partial charge in [-0.1, -0.05) is 42.5 Å². The van der Waals surface area contributed by atoms with Gasteiger partial charge < -0.3 is 10.5 Å². The number of benzene rings is 2. The van der Waals surface area contributed by atoms with E-state index >= 15 is 0 Å². The van der Waals surface area contributed by atoms with E-state index in [1.807, 2.05) is 54.6 Å². The highest BCUT2D eigenvalue weighted by Crippen LogP contribution is 2.24. The lowest BCUT2D eigenvalue weighted by Crippen LogP contribution is -2.10. The number of rotatable bonds is 3. The minimum atomic E-state index is 0.339. The molecule has 0 aromatic heterocycles. The fourth-order valence-electron chi connectivity index (χ4n) is 1.37. The van der Waals surface area contributed by atoms with Crippen LogP contribution in [-0.2, 0) is 0 Å². The molecule has 2 aromatic carbocycles. The average molecular weight is 229 g/mol. The molecule has 0 fully saturated rings. The lowest BCUT2D eigenvalue weighted by atomic mass is 10.2. The topological polar surface area (TPSA) is 35.2 Å². The molecule has 0 spiro atoms. The van der Waals surface area contributed by atoms with Crippen molar-refractivity contribution in [3.63, 3.8) is 0 Å². The zero-order valence-electron chi connectivity index (χ0n) is 8.59. The summed E-state index contributed by atoms with van der Waals surface area (Å²) >= 11 is 4.96. The highest BCUT2D eigenvalue weighted by molar-refractivity contribution is 7.80. The van der Waals surface area contributed by atoms with E-state index in [4.69, 9.17) is 22.7 Å². The molecule has 0 atom stereocenters. The van der Waals surface area contributed by atoms with Crippen molar-refractivity contribution in [1.82, 2.24) is 0 Å². The van der Waals surface area contributed by atoms with Crippen molar-refractivity contribution in [1.29, 1.82) is 0 Å². The maximum atomic E-state index is 5.70. The Balaban J connectivity index is 2.31. The third-order valence-electron chi connectivity index (χ3n) is 2.12. The Bertz CT molecular complexity index is 496. The first-order valence-electron chi connectivity index (χ1n) is 4.89. The predicted octanol–water partition coefficient (Wildman–Crippen LogP) is 3.11. The second-order valence-electron chi connectivity index (χ2n) is 3.28. The summed E-state index contributed by atoms with van der Waals surface area (Å²) in [7, 11) is 0. The quantitative estimate of drug-likeness (QED) is 0.821. The molecule has 2 nitrogen and oxygen atoms in total. The minimum Gasteiger partial charge on any atom is -0.457 e. The van der Waals surface area contributed by atoms with E-state index in [0.717, 1.165) is 11.3 Å². The van der Waals surface area contributed by atoms with Crippen LogP contribution >= 0.6 is 12.2 Å². The molecule has 0 unspecified atom stereocenters. The molecule has 0 radical (unpaired) electrons. The van der Waals surface area contributed by atoms with Gasteiger partial charge in [-0.15, -0.1) is 0 Å². The minimum absolute atomic E-state index is 0.339. The summed E-state index contributed by atoms with van der Waals surface area (Å²) in [6, 6.07) is 17.0. The van der Waals surface area contributed by atoms with Crippen molar-refractivity contribution in [2.45, 2.75) is 0 Å². The summed E-state index contributed by atoms with van der Waals surface area (Å²) in [6.07, 6.45) is 0. The standard InChI is InChI=1S/C13H11NOS/c14-13(16)11-8-4-5-9-12(11)15-10-6-2-1-3-7-10/h1-9H,(H2,14,16). The van der Waals surface area contributed by atoms with Crippen LogP contribution in [0.25, 0.3) is 0 Å². The number of nitrogens with two attached hydrogens (primary N) is 1. The molecular formula is C13H11NOS. The van der Waals surface area contributed by atoms with Gasteiger partial charge in [-0.2, -0.15) is 0 Å². The molecule has 2 aromatic rings. The van der Waals surface area contributed by atoms with Gasteiger partial charge >= 0.3 is 0 Å². The van der Waals surface area contributed by atoms with Crippen LogP contribution in [0.1, 0.15) is 5.56 Å². The molecule has 2 N–H and O–H groups in total. The molecule has 0 saturated heterocycles. The Labute approximate surface area is 99.7 Å². The molecule has 0 aliphatic rings. The molecule has 16 heavy (non-hydrogen) atoms. The molecule has 80 valence electrons. The first-order chi connectivity index (χ1) is 7.77. The fraction of sp³-hybridized carbons (Fsp3) is 0. The van der Waals surface area contributed by atoms with Crippen molar-refractivity contribution in [2.75, 3.05) is 0 Å². The molecule has 0 heterocycles. The highest BCUT2D eigenvalue weighted by Gasteiger charge is 2.05. The molecule has 0 aliphatic heterocycles. The second-order valence-corrected chi connectivity index (χ2v) is 3.72. The number of thiocarbonyl (C=S) groups is 1. The number of hydrogen-bond donors (Lipinski definition) is 1. The van der Waals surface area contributed by atoms with E-state index in [2.05, 4.69) is 0 Å². The Kier molecular flexibility index (Phi) is 3.17. The summed E-state index contributed by atoms with van der Waals surface area (Å²) in [6.45, 7) is 0. The second kappa shape index (κ2) is 4.77. The number of hydrogen-bond acceptors (Lipinski definition) is 2. The van der Waals surface area contributed by atoms with Crippen molar-refractivity contribution >= 4 is 17.2 Å². The van der Waals surface area contributed by atoms with Gasteiger partial charge in [-0.3, -0.25) is 0 Å². The van der Waals surface area contributed by atoms with Crippen LogP contribution in [-0.4, -0.2) is 4.99 Å². The van der Waals surface area contributed by atoms with Crippen molar-refractivity contribution in [3.8, 4) is 11.5 Å². The van der Waals surface area contributed by atoms with E-state index in [1.54, 1.807) is 0 Å². The van der Waals surface area contributed by atoms with Gasteiger partial charge in [-0.25, -0.2) is 0 Å². The normalized spacial score (nSPS) is 9.75. The molecule has 0 aliphatic carbocycles. The van der Waals surface area contributed by atoms with Gasteiger partial charge in [0.05, 0.1) is 5.56 Å². The highest BCUT2D eigenvalue weighted by atomic mass is 32.1. The van der Waals surface area contributed by atoms with Crippen LogP contribution in [0.2, 0.25) is 0 Å². The fourth-order valence-corrected chi connectivity index (χ4v) is 1.54. The SMILES string of the molecule is NC(=S)c1ccccc1Oc1ccccc1. The maximum Gasteiger partial charge on any atom is 0.137 e. The zero-order chi connectivity index (χ0) is 11.4. The van der Waals surface area contributed by atoms with Gasteiger partial charge in [0, 0.05) is 0 Å². The van der Waals surface area contributed by atoms with E-state index < -0.39 is 0 Å². The molecule has 0 saturated carbocycles. The number of para-hydroxylation sites is 2. The summed E-state index contributed by atoms with van der Waals surface area (Å²) in [5.74, 6) is 1.45. The first kappa shape index (κ1) is 10.6. The van der Waals surface area contributed by atoms with Crippen molar-refractivity contribution < 1.29 is 4.74 Å². The van der Waals surface area contributed by atoms with E-state index in [0.29, 0.717) is 10.7 Å². The summed E-state index contributed by atoms with van der Waals surface area (Å²) in [5, 5.41) is 0. The van der Waals surface area contributed by atoms with Gasteiger partial charge in [0.15, 0.2) is 0 Å². The Hall–Kier alpha value is -1.87. The summed E-state index contributed by atoms with van der Waals surface area (Å²) < 4.78 is 5.70. The predicted molar refractivity (Wildman–Crippen MR) is 68.8 cm³/mol. The molecule has 3 heteroatoms. The van der Waals surface area contributed by atoms with Crippen molar-refractivity contribution in [2.24, 2.45) is 5.73 Å². The van der Waals surface area contributed by atoms with Crippen LogP contribution in [0.15, 0.2) is 54.6 Å². The molecule has 2 rings (SSSR count). The van der Waals surface area contributed by atoms with Gasteiger partial charge in [-0.05, 0) is 24.3 Å². The van der Waals surface area contributed by atoms with Crippen LogP contribution in [0.4, 0.5) is 0 Å². The summed E-state index contributed by atoms with van der Waals surface area (Å²) in [4.78, 5) is 0.339. The van der Waals surface area contributed by atoms with Crippen molar-refractivity contribution in [3.05, 3.63) is 60.2 Å². The maximum absolute atomic E-state index is 5.70. The Morgan fingerprint density at radius 1 is 0.938 bits per heavy atom. The third-order valence-corrected chi connectivity index (χ3v) is 2.34. The van der Waals surface area contributed by atoms with Crippen LogP contribution in [0.3, 0.4) is 0 Å². The molecule has 0 amide bonds. The van der Waals surface area contributed by atoms with Crippen LogP contribution < -0.4 is 10.5 Å². The largest absolute Gasteiger partial charge is 0.457 e. The number of ether oxygens (including phenoxy) is 1. The summed E-state index contributed by atoms with van der Waals surface area (Å²) in [5.41, 5.74) is 6.37. The smallest absolute Gasteiger partial charge is 0.137 e. The van der Waals surface area contributed by atoms with E-state index in [9.17, 15) is 0 Å². The Morgan fingerprint density at radius 3 is 2.25 bits per heavy atom. The molecular weight excluding hydrogens is 218 g/mol.